The van der Waals surface area contributed by atoms with E-state index in [-0.39, 0.29) is 11.7 Å². The van der Waals surface area contributed by atoms with Crippen LogP contribution >= 0.6 is 0 Å². The second kappa shape index (κ2) is 3.62. The molecule has 1 heterocycles. The van der Waals surface area contributed by atoms with Gasteiger partial charge in [-0.2, -0.15) is 0 Å². The second-order valence-corrected chi connectivity index (χ2v) is 3.04. The lowest BCUT2D eigenvalue weighted by molar-refractivity contribution is 0.0656. The summed E-state index contributed by atoms with van der Waals surface area (Å²) in [6.07, 6.45) is -0.548. The number of aliphatic hydroxyl groups is 1. The second-order valence-electron chi connectivity index (χ2n) is 3.04. The van der Waals surface area contributed by atoms with E-state index in [2.05, 4.69) is 0 Å². The largest absolute Gasteiger partial charge is 0.475 e. The lowest BCUT2D eigenvalue weighted by atomic mass is 10.0. The van der Waals surface area contributed by atoms with Gasteiger partial charge in [-0.25, -0.2) is 4.79 Å². The average molecular weight is 184 g/mol. The maximum atomic E-state index is 10.5. The zero-order valence-corrected chi connectivity index (χ0v) is 7.52. The van der Waals surface area contributed by atoms with Gasteiger partial charge in [0.2, 0.25) is 5.76 Å². The Morgan fingerprint density at radius 3 is 2.46 bits per heavy atom. The highest BCUT2D eigenvalue weighted by Crippen LogP contribution is 2.21. The summed E-state index contributed by atoms with van der Waals surface area (Å²) in [7, 11) is 0. The van der Waals surface area contributed by atoms with Gasteiger partial charge in [0.15, 0.2) is 0 Å². The van der Waals surface area contributed by atoms with Gasteiger partial charge in [0, 0.05) is 5.92 Å². The van der Waals surface area contributed by atoms with Crippen molar-refractivity contribution in [3.05, 3.63) is 23.7 Å². The third kappa shape index (κ3) is 2.09. The smallest absolute Gasteiger partial charge is 0.371 e. The first kappa shape index (κ1) is 9.80. The first-order chi connectivity index (χ1) is 6.02. The van der Waals surface area contributed by atoms with Crippen molar-refractivity contribution in [3.8, 4) is 0 Å². The SMILES string of the molecule is CC(O)C(C)c1ccc(C(=O)O)o1. The molecule has 0 aliphatic rings. The standard InChI is InChI=1S/C9H12O4/c1-5(6(2)10)7-3-4-8(13-7)9(11)12/h3-6,10H,1-2H3,(H,11,12). The molecule has 1 rings (SSSR count). The number of furan rings is 1. The molecular weight excluding hydrogens is 172 g/mol. The summed E-state index contributed by atoms with van der Waals surface area (Å²) < 4.78 is 5.01. The molecule has 4 heteroatoms. The fraction of sp³-hybridized carbons (Fsp3) is 0.444. The topological polar surface area (TPSA) is 70.7 Å². The molecule has 2 unspecified atom stereocenters. The van der Waals surface area contributed by atoms with Crippen molar-refractivity contribution in [2.45, 2.75) is 25.9 Å². The summed E-state index contributed by atoms with van der Waals surface area (Å²) in [6.45, 7) is 3.41. The monoisotopic (exact) mass is 184 g/mol. The zero-order chi connectivity index (χ0) is 10.0. The third-order valence-electron chi connectivity index (χ3n) is 2.01. The van der Waals surface area contributed by atoms with Gasteiger partial charge in [-0.1, -0.05) is 6.92 Å². The van der Waals surface area contributed by atoms with Crippen LogP contribution in [0.3, 0.4) is 0 Å². The van der Waals surface area contributed by atoms with Crippen molar-refractivity contribution in [2.75, 3.05) is 0 Å². The summed E-state index contributed by atoms with van der Waals surface area (Å²) in [6, 6.07) is 2.96. The Morgan fingerprint density at radius 2 is 2.08 bits per heavy atom. The molecule has 0 aliphatic heterocycles. The van der Waals surface area contributed by atoms with Gasteiger partial charge in [0.1, 0.15) is 5.76 Å². The van der Waals surface area contributed by atoms with E-state index in [1.165, 1.54) is 6.07 Å². The minimum atomic E-state index is -1.09. The van der Waals surface area contributed by atoms with Crippen LogP contribution in [0.15, 0.2) is 16.5 Å². The van der Waals surface area contributed by atoms with Crippen molar-refractivity contribution in [1.29, 1.82) is 0 Å². The van der Waals surface area contributed by atoms with E-state index < -0.39 is 12.1 Å². The number of aromatic carboxylic acids is 1. The summed E-state index contributed by atoms with van der Waals surface area (Å²) in [5, 5.41) is 17.8. The predicted molar refractivity (Wildman–Crippen MR) is 45.8 cm³/mol. The molecule has 0 spiro atoms. The van der Waals surface area contributed by atoms with Crippen LogP contribution in [0.25, 0.3) is 0 Å². The van der Waals surface area contributed by atoms with E-state index in [1.54, 1.807) is 19.9 Å². The zero-order valence-electron chi connectivity index (χ0n) is 7.52. The molecule has 0 fully saturated rings. The van der Waals surface area contributed by atoms with Gasteiger partial charge in [-0.3, -0.25) is 0 Å². The number of aliphatic hydroxyl groups excluding tert-OH is 1. The Hall–Kier alpha value is -1.29. The molecule has 2 atom stereocenters. The third-order valence-corrected chi connectivity index (χ3v) is 2.01. The lowest BCUT2D eigenvalue weighted by Gasteiger charge is -2.10. The molecule has 0 saturated carbocycles. The van der Waals surface area contributed by atoms with Crippen molar-refractivity contribution in [3.63, 3.8) is 0 Å². The van der Waals surface area contributed by atoms with Gasteiger partial charge >= 0.3 is 5.97 Å². The summed E-state index contributed by atoms with van der Waals surface area (Å²) in [5.41, 5.74) is 0. The molecular formula is C9H12O4. The van der Waals surface area contributed by atoms with Gasteiger partial charge < -0.3 is 14.6 Å². The van der Waals surface area contributed by atoms with E-state index in [9.17, 15) is 9.90 Å². The van der Waals surface area contributed by atoms with Crippen LogP contribution in [0.1, 0.15) is 36.1 Å². The fourth-order valence-corrected chi connectivity index (χ4v) is 0.950. The summed E-state index contributed by atoms with van der Waals surface area (Å²) in [5.74, 6) is -0.882. The quantitative estimate of drug-likeness (QED) is 0.746. The number of carboxylic acids is 1. The first-order valence-electron chi connectivity index (χ1n) is 4.03. The number of hydrogen-bond donors (Lipinski definition) is 2. The maximum absolute atomic E-state index is 10.5. The molecule has 72 valence electrons. The van der Waals surface area contributed by atoms with Crippen molar-refractivity contribution >= 4 is 5.97 Å². The number of carbonyl (C=O) groups is 1. The summed E-state index contributed by atoms with van der Waals surface area (Å²) in [4.78, 5) is 10.5. The summed E-state index contributed by atoms with van der Waals surface area (Å²) >= 11 is 0. The van der Waals surface area contributed by atoms with Gasteiger partial charge in [-0.15, -0.1) is 0 Å². The number of hydrogen-bond acceptors (Lipinski definition) is 3. The highest BCUT2D eigenvalue weighted by atomic mass is 16.4. The van der Waals surface area contributed by atoms with Crippen LogP contribution in [0.4, 0.5) is 0 Å². The van der Waals surface area contributed by atoms with Crippen molar-refractivity contribution < 1.29 is 19.4 Å². The predicted octanol–water partition coefficient (Wildman–Crippen LogP) is 1.46. The van der Waals surface area contributed by atoms with E-state index in [0.717, 1.165) is 0 Å². The Morgan fingerprint density at radius 1 is 1.46 bits per heavy atom. The van der Waals surface area contributed by atoms with Gasteiger partial charge in [0.05, 0.1) is 6.10 Å². The molecule has 2 N–H and O–H groups in total. The fourth-order valence-electron chi connectivity index (χ4n) is 0.950. The van der Waals surface area contributed by atoms with E-state index in [4.69, 9.17) is 9.52 Å². The lowest BCUT2D eigenvalue weighted by Crippen LogP contribution is -2.09. The Kier molecular flexibility index (Phi) is 2.72. The van der Waals surface area contributed by atoms with Gasteiger partial charge in [-0.05, 0) is 19.1 Å². The van der Waals surface area contributed by atoms with Crippen LogP contribution in [0.2, 0.25) is 0 Å². The highest BCUT2D eigenvalue weighted by Gasteiger charge is 2.17. The molecule has 0 radical (unpaired) electrons. The molecule has 1 aromatic rings. The van der Waals surface area contributed by atoms with Crippen LogP contribution in [0.5, 0.6) is 0 Å². The average Bonchev–Trinajstić information content (AvgIpc) is 2.50. The minimum absolute atomic E-state index is 0.0949. The molecule has 13 heavy (non-hydrogen) atoms. The van der Waals surface area contributed by atoms with Crippen LogP contribution in [-0.2, 0) is 0 Å². The van der Waals surface area contributed by atoms with Crippen LogP contribution in [-0.4, -0.2) is 22.3 Å². The molecule has 0 aromatic carbocycles. The van der Waals surface area contributed by atoms with Crippen LogP contribution < -0.4 is 0 Å². The molecule has 0 saturated heterocycles. The van der Waals surface area contributed by atoms with E-state index in [1.807, 2.05) is 0 Å². The molecule has 1 aromatic heterocycles. The van der Waals surface area contributed by atoms with E-state index in [0.29, 0.717) is 5.76 Å². The first-order valence-corrected chi connectivity index (χ1v) is 4.03. The maximum Gasteiger partial charge on any atom is 0.371 e. The number of rotatable bonds is 3. The van der Waals surface area contributed by atoms with E-state index >= 15 is 0 Å². The Balaban J connectivity index is 2.85. The van der Waals surface area contributed by atoms with Crippen molar-refractivity contribution in [2.24, 2.45) is 0 Å². The Labute approximate surface area is 75.8 Å². The minimum Gasteiger partial charge on any atom is -0.475 e. The van der Waals surface area contributed by atoms with Gasteiger partial charge in [0.25, 0.3) is 0 Å². The number of carboxylic acid groups (broad SMARTS) is 1. The highest BCUT2D eigenvalue weighted by molar-refractivity contribution is 5.84. The van der Waals surface area contributed by atoms with Crippen LogP contribution in [0, 0.1) is 0 Å². The molecule has 4 nitrogen and oxygen atoms in total. The molecule has 0 aliphatic carbocycles. The van der Waals surface area contributed by atoms with Crippen molar-refractivity contribution in [1.82, 2.24) is 0 Å². The normalized spacial score (nSPS) is 15.3. The molecule has 0 bridgehead atoms. The molecule has 0 amide bonds. The Bertz CT molecular complexity index is 300.